The molecule has 1 aromatic carbocycles. The van der Waals surface area contributed by atoms with Crippen molar-refractivity contribution in [3.05, 3.63) is 29.3 Å². The van der Waals surface area contributed by atoms with Gasteiger partial charge in [-0.2, -0.15) is 4.72 Å². The first-order valence-electron chi connectivity index (χ1n) is 10.5. The molecule has 5 aliphatic rings. The van der Waals surface area contributed by atoms with Crippen LogP contribution in [0.5, 0.6) is 0 Å². The molecule has 9 heteroatoms. The molecular weight excluding hydrogens is 428 g/mol. The maximum absolute atomic E-state index is 13.2. The molecular formula is C21H25ClN2O5S. The Morgan fingerprint density at radius 2 is 1.77 bits per heavy atom. The Morgan fingerprint density at radius 3 is 2.33 bits per heavy atom. The van der Waals surface area contributed by atoms with Crippen LogP contribution in [0.3, 0.4) is 0 Å². The van der Waals surface area contributed by atoms with Gasteiger partial charge < -0.3 is 10.4 Å². The van der Waals surface area contributed by atoms with Gasteiger partial charge in [0.25, 0.3) is 0 Å². The van der Waals surface area contributed by atoms with Gasteiger partial charge in [-0.1, -0.05) is 17.7 Å². The molecule has 0 aliphatic heterocycles. The first kappa shape index (κ1) is 20.3. The van der Waals surface area contributed by atoms with Crippen molar-refractivity contribution in [3.8, 4) is 0 Å². The Labute approximate surface area is 180 Å². The van der Waals surface area contributed by atoms with Crippen molar-refractivity contribution in [2.24, 2.45) is 29.1 Å². The standard InChI is InChI=1S/C21H25ClN2O5S/c22-15-2-1-3-16(8-15)30(28,29)24-21(4-5-21)23-18(25)17-13-6-12-7-14(17)11-20(9-12,10-13)19(26)27/h1-3,8,12-14,17,24H,4-7,9-11H2,(H,23,25)(H,26,27). The van der Waals surface area contributed by atoms with Crippen LogP contribution in [0.1, 0.15) is 44.9 Å². The van der Waals surface area contributed by atoms with E-state index in [4.69, 9.17) is 11.6 Å². The summed E-state index contributed by atoms with van der Waals surface area (Å²) in [4.78, 5) is 25.2. The maximum atomic E-state index is 13.2. The molecule has 7 nitrogen and oxygen atoms in total. The molecule has 6 rings (SSSR count). The third-order valence-corrected chi connectivity index (χ3v) is 9.35. The molecule has 0 spiro atoms. The normalized spacial score (nSPS) is 35.8. The molecule has 4 bridgehead atoms. The van der Waals surface area contributed by atoms with Gasteiger partial charge >= 0.3 is 5.97 Å². The van der Waals surface area contributed by atoms with Crippen molar-refractivity contribution in [3.63, 3.8) is 0 Å². The summed E-state index contributed by atoms with van der Waals surface area (Å²) in [5.41, 5.74) is -1.63. The largest absolute Gasteiger partial charge is 0.481 e. The van der Waals surface area contributed by atoms with Gasteiger partial charge in [-0.15, -0.1) is 0 Å². The molecule has 162 valence electrons. The van der Waals surface area contributed by atoms with E-state index >= 15 is 0 Å². The van der Waals surface area contributed by atoms with Crippen LogP contribution < -0.4 is 10.0 Å². The fraction of sp³-hybridized carbons (Fsp3) is 0.619. The van der Waals surface area contributed by atoms with Gasteiger partial charge in [-0.3, -0.25) is 9.59 Å². The number of halogens is 1. The van der Waals surface area contributed by atoms with Crippen LogP contribution in [0.4, 0.5) is 0 Å². The van der Waals surface area contributed by atoms with E-state index in [0.29, 0.717) is 36.6 Å². The van der Waals surface area contributed by atoms with Crippen LogP contribution in [0, 0.1) is 29.1 Å². The predicted molar refractivity (Wildman–Crippen MR) is 109 cm³/mol. The second-order valence-corrected chi connectivity index (χ2v) is 11.8. The Hall–Kier alpha value is -1.64. The lowest BCUT2D eigenvalue weighted by Gasteiger charge is -2.57. The highest BCUT2D eigenvalue weighted by Gasteiger charge is 2.61. The lowest BCUT2D eigenvalue weighted by molar-refractivity contribution is -0.174. The van der Waals surface area contributed by atoms with Crippen LogP contribution in [0.15, 0.2) is 29.2 Å². The van der Waals surface area contributed by atoms with E-state index < -0.39 is 27.1 Å². The van der Waals surface area contributed by atoms with Crippen molar-refractivity contribution in [1.29, 1.82) is 0 Å². The number of carboxylic acids is 1. The first-order chi connectivity index (χ1) is 14.1. The number of carboxylic acid groups (broad SMARTS) is 1. The van der Waals surface area contributed by atoms with Crippen molar-refractivity contribution >= 4 is 33.5 Å². The highest BCUT2D eigenvalue weighted by molar-refractivity contribution is 7.89. The number of amides is 1. The zero-order chi connectivity index (χ0) is 21.3. The minimum Gasteiger partial charge on any atom is -0.481 e. The molecule has 3 N–H and O–H groups in total. The lowest BCUT2D eigenvalue weighted by atomic mass is 9.46. The fourth-order valence-electron chi connectivity index (χ4n) is 6.36. The summed E-state index contributed by atoms with van der Waals surface area (Å²) in [7, 11) is -3.82. The Morgan fingerprint density at radius 1 is 1.10 bits per heavy atom. The maximum Gasteiger partial charge on any atom is 0.309 e. The number of carbonyl (C=O) groups is 2. The smallest absolute Gasteiger partial charge is 0.309 e. The summed E-state index contributed by atoms with van der Waals surface area (Å²) in [6, 6.07) is 6.02. The van der Waals surface area contributed by atoms with Crippen LogP contribution in [0.25, 0.3) is 0 Å². The monoisotopic (exact) mass is 452 g/mol. The van der Waals surface area contributed by atoms with E-state index in [1.165, 1.54) is 12.1 Å². The number of carbonyl (C=O) groups excluding carboxylic acids is 1. The van der Waals surface area contributed by atoms with Crippen LogP contribution in [0.2, 0.25) is 5.02 Å². The van der Waals surface area contributed by atoms with Gasteiger partial charge in [0.1, 0.15) is 5.66 Å². The number of aliphatic carboxylic acids is 1. The van der Waals surface area contributed by atoms with Gasteiger partial charge in [-0.25, -0.2) is 8.42 Å². The number of benzene rings is 1. The van der Waals surface area contributed by atoms with E-state index in [9.17, 15) is 23.1 Å². The van der Waals surface area contributed by atoms with Crippen LogP contribution >= 0.6 is 11.6 Å². The number of sulfonamides is 1. The molecule has 2 atom stereocenters. The minimum atomic E-state index is -3.82. The molecule has 0 heterocycles. The summed E-state index contributed by atoms with van der Waals surface area (Å²) in [5.74, 6) is -0.592. The molecule has 30 heavy (non-hydrogen) atoms. The van der Waals surface area contributed by atoms with Gasteiger partial charge in [0.15, 0.2) is 0 Å². The van der Waals surface area contributed by atoms with Crippen molar-refractivity contribution in [2.75, 3.05) is 0 Å². The molecule has 0 aromatic heterocycles. The first-order valence-corrected chi connectivity index (χ1v) is 12.3. The number of nitrogens with one attached hydrogen (secondary N) is 2. The summed E-state index contributed by atoms with van der Waals surface area (Å²) in [6.45, 7) is 0. The Kier molecular flexibility index (Phi) is 4.51. The fourth-order valence-corrected chi connectivity index (χ4v) is 8.04. The zero-order valence-electron chi connectivity index (χ0n) is 16.4. The van der Waals surface area contributed by atoms with E-state index in [1.807, 2.05) is 0 Å². The number of hydrogen-bond acceptors (Lipinski definition) is 4. The minimum absolute atomic E-state index is 0.0627. The zero-order valence-corrected chi connectivity index (χ0v) is 18.0. The third kappa shape index (κ3) is 3.33. The summed E-state index contributed by atoms with van der Waals surface area (Å²) < 4.78 is 28.2. The second-order valence-electron chi connectivity index (χ2n) is 9.72. The number of rotatable bonds is 6. The average molecular weight is 453 g/mol. The van der Waals surface area contributed by atoms with E-state index in [1.54, 1.807) is 12.1 Å². The summed E-state index contributed by atoms with van der Waals surface area (Å²) in [5, 5.41) is 13.1. The van der Waals surface area contributed by atoms with Crippen LogP contribution in [-0.4, -0.2) is 31.1 Å². The van der Waals surface area contributed by atoms with Crippen molar-refractivity contribution < 1.29 is 23.1 Å². The number of hydrogen-bond donors (Lipinski definition) is 3. The lowest BCUT2D eigenvalue weighted by Crippen LogP contribution is -2.60. The van der Waals surface area contributed by atoms with Gasteiger partial charge in [0.2, 0.25) is 15.9 Å². The van der Waals surface area contributed by atoms with Crippen LogP contribution in [-0.2, 0) is 19.6 Å². The summed E-state index contributed by atoms with van der Waals surface area (Å²) in [6.07, 6.45) is 4.68. The van der Waals surface area contributed by atoms with Gasteiger partial charge in [0, 0.05) is 10.9 Å². The molecule has 2 unspecified atom stereocenters. The Balaban J connectivity index is 1.31. The molecule has 5 saturated carbocycles. The third-order valence-electron chi connectivity index (χ3n) is 7.58. The predicted octanol–water partition coefficient (Wildman–Crippen LogP) is 2.75. The highest BCUT2D eigenvalue weighted by Crippen LogP contribution is 2.62. The quantitative estimate of drug-likeness (QED) is 0.574. The van der Waals surface area contributed by atoms with Gasteiger partial charge in [-0.05, 0) is 80.9 Å². The second kappa shape index (κ2) is 6.68. The van der Waals surface area contributed by atoms with E-state index in [2.05, 4.69) is 10.0 Å². The Bertz CT molecular complexity index is 1010. The van der Waals surface area contributed by atoms with E-state index in [0.717, 1.165) is 19.3 Å². The SMILES string of the molecule is O=C(NC1(NS(=O)(=O)c2cccc(Cl)c2)CC1)C1C2CC3CC1CC(C(=O)O)(C3)C2. The average Bonchev–Trinajstić information content (AvgIpc) is 3.38. The molecule has 5 aliphatic carbocycles. The van der Waals surface area contributed by atoms with Crippen molar-refractivity contribution in [1.82, 2.24) is 10.0 Å². The molecule has 5 fully saturated rings. The molecule has 0 radical (unpaired) electrons. The van der Waals surface area contributed by atoms with E-state index in [-0.39, 0.29) is 28.6 Å². The molecule has 0 saturated heterocycles. The molecule has 1 amide bonds. The van der Waals surface area contributed by atoms with Gasteiger partial charge in [0.05, 0.1) is 10.3 Å². The molecule has 1 aromatic rings. The van der Waals surface area contributed by atoms with Crippen molar-refractivity contribution in [2.45, 2.75) is 55.5 Å². The highest BCUT2D eigenvalue weighted by atomic mass is 35.5. The summed E-state index contributed by atoms with van der Waals surface area (Å²) >= 11 is 5.92. The topological polar surface area (TPSA) is 113 Å².